The van der Waals surface area contributed by atoms with Crippen LogP contribution in [0.4, 0.5) is 0 Å². The van der Waals surface area contributed by atoms with E-state index in [2.05, 4.69) is 4.98 Å². The fourth-order valence-electron chi connectivity index (χ4n) is 3.30. The molecule has 2 heterocycles. The number of thiophene rings is 1. The van der Waals surface area contributed by atoms with Crippen LogP contribution in [0.25, 0.3) is 0 Å². The molecule has 3 rings (SSSR count). The fourth-order valence-corrected chi connectivity index (χ4v) is 4.45. The number of carbonyl (C=O) groups is 3. The molecule has 0 unspecified atom stereocenters. The molecule has 7 heteroatoms. The molecule has 0 saturated heterocycles. The van der Waals surface area contributed by atoms with Crippen molar-refractivity contribution in [2.75, 3.05) is 13.7 Å². The smallest absolute Gasteiger partial charge is 0.348 e. The van der Waals surface area contributed by atoms with Crippen molar-refractivity contribution in [2.45, 2.75) is 39.5 Å². The fraction of sp³-hybridized carbons (Fsp3) is 0.421. The second kappa shape index (κ2) is 7.45. The van der Waals surface area contributed by atoms with Crippen LogP contribution in [0.2, 0.25) is 0 Å². The Morgan fingerprint density at radius 3 is 2.58 bits per heavy atom. The number of carbonyl (C=O) groups excluding carboxylic acids is 3. The zero-order valence-corrected chi connectivity index (χ0v) is 15.9. The molecule has 0 fully saturated rings. The molecular formula is C19H21NO5S. The van der Waals surface area contributed by atoms with E-state index in [0.29, 0.717) is 21.7 Å². The highest BCUT2D eigenvalue weighted by Crippen LogP contribution is 2.30. The number of ketones is 1. The standard InChI is InChI=1S/C19H21NO5S/c1-10-16(19(23)24-3)11(2)20-17(10)13(21)9-25-18(22)15-8-12-6-4-5-7-14(12)26-15/h8,20H,4-7,9H2,1-3H3. The number of nitrogens with one attached hydrogen (secondary N) is 1. The van der Waals surface area contributed by atoms with Crippen molar-refractivity contribution in [2.24, 2.45) is 0 Å². The number of aromatic amines is 1. The van der Waals surface area contributed by atoms with E-state index in [9.17, 15) is 14.4 Å². The number of fused-ring (bicyclic) bond motifs is 1. The SMILES string of the molecule is COC(=O)c1c(C)[nH]c(C(=O)COC(=O)c2cc3c(s2)CCCC3)c1C. The highest BCUT2D eigenvalue weighted by Gasteiger charge is 2.24. The Morgan fingerprint density at radius 1 is 1.15 bits per heavy atom. The number of hydrogen-bond acceptors (Lipinski definition) is 6. The van der Waals surface area contributed by atoms with E-state index in [0.717, 1.165) is 25.7 Å². The molecular weight excluding hydrogens is 354 g/mol. The van der Waals surface area contributed by atoms with Gasteiger partial charge in [-0.25, -0.2) is 9.59 Å². The molecule has 138 valence electrons. The van der Waals surface area contributed by atoms with Crippen molar-refractivity contribution in [3.8, 4) is 0 Å². The summed E-state index contributed by atoms with van der Waals surface area (Å²) in [7, 11) is 1.29. The molecule has 0 bridgehead atoms. The molecule has 1 N–H and O–H groups in total. The molecule has 0 saturated carbocycles. The van der Waals surface area contributed by atoms with E-state index >= 15 is 0 Å². The van der Waals surface area contributed by atoms with Crippen LogP contribution in [0.5, 0.6) is 0 Å². The van der Waals surface area contributed by atoms with Crippen LogP contribution < -0.4 is 0 Å². The lowest BCUT2D eigenvalue weighted by Crippen LogP contribution is -2.15. The molecule has 2 aromatic rings. The van der Waals surface area contributed by atoms with Crippen LogP contribution in [-0.4, -0.2) is 36.4 Å². The molecule has 0 spiro atoms. The summed E-state index contributed by atoms with van der Waals surface area (Å²) in [5.74, 6) is -1.36. The Balaban J connectivity index is 1.68. The number of hydrogen-bond donors (Lipinski definition) is 1. The van der Waals surface area contributed by atoms with Gasteiger partial charge in [0.1, 0.15) is 4.88 Å². The van der Waals surface area contributed by atoms with Gasteiger partial charge in [0.2, 0.25) is 5.78 Å². The van der Waals surface area contributed by atoms with E-state index in [1.807, 2.05) is 6.07 Å². The summed E-state index contributed by atoms with van der Waals surface area (Å²) in [6.07, 6.45) is 4.29. The largest absolute Gasteiger partial charge is 0.465 e. The summed E-state index contributed by atoms with van der Waals surface area (Å²) < 4.78 is 9.93. The first-order valence-corrected chi connectivity index (χ1v) is 9.33. The lowest BCUT2D eigenvalue weighted by Gasteiger charge is -2.08. The normalized spacial score (nSPS) is 13.2. The molecule has 0 aliphatic heterocycles. The highest BCUT2D eigenvalue weighted by molar-refractivity contribution is 7.14. The Labute approximate surface area is 155 Å². The van der Waals surface area contributed by atoms with Gasteiger partial charge in [-0.2, -0.15) is 0 Å². The van der Waals surface area contributed by atoms with E-state index in [-0.39, 0.29) is 18.1 Å². The lowest BCUT2D eigenvalue weighted by atomic mass is 9.99. The van der Waals surface area contributed by atoms with E-state index in [1.54, 1.807) is 13.8 Å². The van der Waals surface area contributed by atoms with Crippen LogP contribution >= 0.6 is 11.3 Å². The molecule has 0 atom stereocenters. The molecule has 0 radical (unpaired) electrons. The van der Waals surface area contributed by atoms with E-state index < -0.39 is 11.9 Å². The average Bonchev–Trinajstić information content (AvgIpc) is 3.19. The molecule has 0 amide bonds. The van der Waals surface area contributed by atoms with Gasteiger partial charge in [-0.05, 0) is 56.7 Å². The number of esters is 2. The zero-order valence-electron chi connectivity index (χ0n) is 15.1. The maximum atomic E-state index is 12.4. The van der Waals surface area contributed by atoms with Crippen molar-refractivity contribution in [1.82, 2.24) is 4.98 Å². The van der Waals surface area contributed by atoms with Gasteiger partial charge in [-0.3, -0.25) is 4.79 Å². The van der Waals surface area contributed by atoms with Crippen LogP contribution in [0.1, 0.15) is 65.1 Å². The third kappa shape index (κ3) is 3.44. The molecule has 1 aliphatic carbocycles. The number of aromatic nitrogens is 1. The van der Waals surface area contributed by atoms with E-state index in [4.69, 9.17) is 9.47 Å². The van der Waals surface area contributed by atoms with Gasteiger partial charge in [0.25, 0.3) is 0 Å². The quantitative estimate of drug-likeness (QED) is 0.639. The third-order valence-corrected chi connectivity index (χ3v) is 5.86. The van der Waals surface area contributed by atoms with Crippen LogP contribution in [0.3, 0.4) is 0 Å². The Morgan fingerprint density at radius 2 is 1.88 bits per heavy atom. The first kappa shape index (κ1) is 18.4. The van der Waals surface area contributed by atoms with Crippen molar-refractivity contribution >= 4 is 29.1 Å². The summed E-state index contributed by atoms with van der Waals surface area (Å²) in [5, 5.41) is 0. The monoisotopic (exact) mass is 375 g/mol. The summed E-state index contributed by atoms with van der Waals surface area (Å²) in [6, 6.07) is 1.88. The van der Waals surface area contributed by atoms with Gasteiger partial charge in [-0.15, -0.1) is 11.3 Å². The number of ether oxygens (including phenoxy) is 2. The molecule has 6 nitrogen and oxygen atoms in total. The molecule has 0 aromatic carbocycles. The van der Waals surface area contributed by atoms with E-state index in [1.165, 1.54) is 28.9 Å². The van der Waals surface area contributed by atoms with Gasteiger partial charge < -0.3 is 14.5 Å². The van der Waals surface area contributed by atoms with Crippen molar-refractivity contribution < 1.29 is 23.9 Å². The van der Waals surface area contributed by atoms with Gasteiger partial charge in [0.15, 0.2) is 6.61 Å². The van der Waals surface area contributed by atoms with Crippen molar-refractivity contribution in [1.29, 1.82) is 0 Å². The first-order chi connectivity index (χ1) is 12.4. The van der Waals surface area contributed by atoms with Gasteiger partial charge in [0, 0.05) is 10.6 Å². The van der Waals surface area contributed by atoms with Gasteiger partial charge in [-0.1, -0.05) is 0 Å². The van der Waals surface area contributed by atoms with Crippen LogP contribution in [0.15, 0.2) is 6.07 Å². The van der Waals surface area contributed by atoms with Crippen LogP contribution in [-0.2, 0) is 22.3 Å². The Kier molecular flexibility index (Phi) is 5.27. The second-order valence-corrected chi connectivity index (χ2v) is 7.52. The highest BCUT2D eigenvalue weighted by atomic mass is 32.1. The Hall–Kier alpha value is -2.41. The molecule has 1 aliphatic rings. The second-order valence-electron chi connectivity index (χ2n) is 6.38. The minimum absolute atomic E-state index is 0.265. The third-order valence-electron chi connectivity index (χ3n) is 4.64. The van der Waals surface area contributed by atoms with Gasteiger partial charge >= 0.3 is 11.9 Å². The zero-order chi connectivity index (χ0) is 18.8. The number of H-pyrrole nitrogens is 1. The van der Waals surface area contributed by atoms with Gasteiger partial charge in [0.05, 0.1) is 18.4 Å². The minimum atomic E-state index is -0.503. The maximum Gasteiger partial charge on any atom is 0.348 e. The topological polar surface area (TPSA) is 85.5 Å². The number of aryl methyl sites for hydroxylation is 3. The van der Waals surface area contributed by atoms with Crippen molar-refractivity contribution in [3.63, 3.8) is 0 Å². The summed E-state index contributed by atoms with van der Waals surface area (Å²) in [5.41, 5.74) is 2.88. The molecule has 26 heavy (non-hydrogen) atoms. The molecule has 2 aromatic heterocycles. The summed E-state index contributed by atoms with van der Waals surface area (Å²) >= 11 is 1.45. The predicted molar refractivity (Wildman–Crippen MR) is 97.2 cm³/mol. The Bertz CT molecular complexity index is 853. The minimum Gasteiger partial charge on any atom is -0.465 e. The number of methoxy groups -OCH3 is 1. The van der Waals surface area contributed by atoms with Crippen LogP contribution in [0, 0.1) is 13.8 Å². The first-order valence-electron chi connectivity index (χ1n) is 8.51. The maximum absolute atomic E-state index is 12.4. The van der Waals surface area contributed by atoms with Crippen molar-refractivity contribution in [3.05, 3.63) is 43.9 Å². The summed E-state index contributed by atoms with van der Waals surface area (Å²) in [4.78, 5) is 41.2. The summed E-state index contributed by atoms with van der Waals surface area (Å²) in [6.45, 7) is 2.99. The number of Topliss-reactive ketones (excluding diaryl/α,β-unsaturated/α-hetero) is 1. The number of rotatable bonds is 5. The predicted octanol–water partition coefficient (Wildman–Crippen LogP) is 3.40. The lowest BCUT2D eigenvalue weighted by molar-refractivity contribution is 0.0477. The average molecular weight is 375 g/mol.